The van der Waals surface area contributed by atoms with Crippen LogP contribution in [0.2, 0.25) is 5.02 Å². The standard InChI is InChI=1S/C26H18ClF2N7O2/c27-22-16(29)8-13(9-18(22)37)20-21-23(30)33-19(34-24(21)35-26(20)38)10-15-11-36-5-4-31-25(36)17(32-15)7-12-2-1-3-14(28)6-12/h1-6,8-9,11,20,37H,7,10H2,(H3,30,33,34,35,38). The number of nitrogens with zero attached hydrogens (tertiary/aromatic N) is 5. The molecule has 0 spiro atoms. The number of hydrogen-bond donors (Lipinski definition) is 3. The Morgan fingerprint density at radius 1 is 1.13 bits per heavy atom. The summed E-state index contributed by atoms with van der Waals surface area (Å²) < 4.78 is 29.7. The average Bonchev–Trinajstić information content (AvgIpc) is 3.46. The van der Waals surface area contributed by atoms with Gasteiger partial charge in [0.1, 0.15) is 39.9 Å². The van der Waals surface area contributed by atoms with Crippen LogP contribution >= 0.6 is 11.6 Å². The lowest BCUT2D eigenvalue weighted by Gasteiger charge is -2.13. The van der Waals surface area contributed by atoms with Crippen molar-refractivity contribution >= 4 is 34.8 Å². The van der Waals surface area contributed by atoms with E-state index in [1.54, 1.807) is 24.7 Å². The Hall–Kier alpha value is -4.64. The van der Waals surface area contributed by atoms with Gasteiger partial charge in [0.25, 0.3) is 0 Å². The van der Waals surface area contributed by atoms with Gasteiger partial charge >= 0.3 is 0 Å². The SMILES string of the molecule is Nc1nc(Cc2cn3ccnc3c(Cc3cccc(F)c3)n2)nc2c1C(c1cc(O)c(Cl)c(F)c1)C(=O)N2. The van der Waals surface area contributed by atoms with Crippen molar-refractivity contribution < 1.29 is 18.7 Å². The highest BCUT2D eigenvalue weighted by Gasteiger charge is 2.37. The molecule has 9 nitrogen and oxygen atoms in total. The highest BCUT2D eigenvalue weighted by atomic mass is 35.5. The van der Waals surface area contributed by atoms with Crippen LogP contribution in [0, 0.1) is 11.6 Å². The van der Waals surface area contributed by atoms with Crippen LogP contribution in [-0.4, -0.2) is 35.4 Å². The lowest BCUT2D eigenvalue weighted by molar-refractivity contribution is -0.116. The molecule has 0 radical (unpaired) electrons. The Morgan fingerprint density at radius 2 is 1.97 bits per heavy atom. The number of aromatic hydroxyl groups is 1. The molecule has 3 aromatic heterocycles. The fraction of sp³-hybridized carbons (Fsp3) is 0.115. The van der Waals surface area contributed by atoms with E-state index < -0.39 is 28.4 Å². The van der Waals surface area contributed by atoms with E-state index in [0.29, 0.717) is 29.3 Å². The quantitative estimate of drug-likeness (QED) is 0.311. The molecule has 0 aliphatic carbocycles. The minimum atomic E-state index is -1.02. The van der Waals surface area contributed by atoms with Gasteiger partial charge < -0.3 is 20.6 Å². The number of fused-ring (bicyclic) bond motifs is 2. The molecule has 4 N–H and O–H groups in total. The first-order valence-electron chi connectivity index (χ1n) is 11.5. The summed E-state index contributed by atoms with van der Waals surface area (Å²) in [5, 5.41) is 12.2. The largest absolute Gasteiger partial charge is 0.506 e. The maximum absolute atomic E-state index is 14.2. The van der Waals surface area contributed by atoms with Gasteiger partial charge in [-0.2, -0.15) is 0 Å². The second kappa shape index (κ2) is 9.03. The van der Waals surface area contributed by atoms with Crippen LogP contribution in [0.3, 0.4) is 0 Å². The minimum Gasteiger partial charge on any atom is -0.506 e. The van der Waals surface area contributed by atoms with E-state index in [1.807, 2.05) is 10.5 Å². The van der Waals surface area contributed by atoms with Gasteiger partial charge in [-0.25, -0.2) is 23.7 Å². The Balaban J connectivity index is 1.34. The molecule has 6 rings (SSSR count). The van der Waals surface area contributed by atoms with Crippen LogP contribution in [-0.2, 0) is 17.6 Å². The molecular weight excluding hydrogens is 516 g/mol. The number of nitrogens with two attached hydrogens (primary N) is 1. The maximum Gasteiger partial charge on any atom is 0.237 e. The Labute approximate surface area is 219 Å². The monoisotopic (exact) mass is 533 g/mol. The fourth-order valence-corrected chi connectivity index (χ4v) is 4.76. The number of imidazole rings is 1. The molecule has 5 aromatic rings. The van der Waals surface area contributed by atoms with Crippen LogP contribution < -0.4 is 11.1 Å². The first-order chi connectivity index (χ1) is 18.3. The van der Waals surface area contributed by atoms with Gasteiger partial charge in [0.2, 0.25) is 5.91 Å². The van der Waals surface area contributed by atoms with Gasteiger partial charge in [-0.15, -0.1) is 0 Å². The highest BCUT2D eigenvalue weighted by molar-refractivity contribution is 6.32. The third-order valence-corrected chi connectivity index (χ3v) is 6.65. The zero-order valence-electron chi connectivity index (χ0n) is 19.5. The first-order valence-corrected chi connectivity index (χ1v) is 11.9. The van der Waals surface area contributed by atoms with Gasteiger partial charge in [-0.05, 0) is 35.4 Å². The number of halogens is 3. The summed E-state index contributed by atoms with van der Waals surface area (Å²) in [6.45, 7) is 0. The average molecular weight is 534 g/mol. The van der Waals surface area contributed by atoms with Crippen molar-refractivity contribution in [2.24, 2.45) is 0 Å². The number of carbonyl (C=O) groups is 1. The van der Waals surface area contributed by atoms with Gasteiger partial charge in [0, 0.05) is 25.0 Å². The predicted octanol–water partition coefficient (Wildman–Crippen LogP) is 4.00. The number of nitrogens with one attached hydrogen (secondary N) is 1. The van der Waals surface area contributed by atoms with Gasteiger partial charge in [0.05, 0.1) is 29.3 Å². The number of rotatable bonds is 5. The highest BCUT2D eigenvalue weighted by Crippen LogP contribution is 2.41. The predicted molar refractivity (Wildman–Crippen MR) is 135 cm³/mol. The summed E-state index contributed by atoms with van der Waals surface area (Å²) in [4.78, 5) is 30.7. The maximum atomic E-state index is 14.2. The molecular formula is C26H18ClF2N7O2. The summed E-state index contributed by atoms with van der Waals surface area (Å²) in [6.07, 6.45) is 5.75. The number of anilines is 2. The van der Waals surface area contributed by atoms with Crippen molar-refractivity contribution in [3.63, 3.8) is 0 Å². The van der Waals surface area contributed by atoms with Gasteiger partial charge in [-0.1, -0.05) is 23.7 Å². The number of benzene rings is 2. The third-order valence-electron chi connectivity index (χ3n) is 6.27. The van der Waals surface area contributed by atoms with Crippen molar-refractivity contribution in [3.8, 4) is 5.75 Å². The minimum absolute atomic E-state index is 0.0342. The van der Waals surface area contributed by atoms with Crippen LogP contribution in [0.4, 0.5) is 20.4 Å². The van der Waals surface area contributed by atoms with Crippen LogP contribution in [0.15, 0.2) is 55.0 Å². The topological polar surface area (TPSA) is 131 Å². The van der Waals surface area contributed by atoms with Gasteiger partial charge in [0.15, 0.2) is 5.65 Å². The molecule has 1 aliphatic heterocycles. The van der Waals surface area contributed by atoms with E-state index in [0.717, 1.165) is 11.6 Å². The fourth-order valence-electron chi connectivity index (χ4n) is 4.65. The van der Waals surface area contributed by atoms with E-state index in [-0.39, 0.29) is 35.0 Å². The molecule has 1 aliphatic rings. The lowest BCUT2D eigenvalue weighted by atomic mass is 9.93. The zero-order valence-corrected chi connectivity index (χ0v) is 20.2. The van der Waals surface area contributed by atoms with Crippen molar-refractivity contribution in [1.82, 2.24) is 24.3 Å². The van der Waals surface area contributed by atoms with Crippen LogP contribution in [0.1, 0.15) is 39.8 Å². The number of carbonyl (C=O) groups excluding carboxylic acids is 1. The number of amides is 1. The summed E-state index contributed by atoms with van der Waals surface area (Å²) in [6, 6.07) is 8.56. The summed E-state index contributed by atoms with van der Waals surface area (Å²) >= 11 is 5.71. The van der Waals surface area contributed by atoms with Gasteiger partial charge in [-0.3, -0.25) is 9.78 Å². The first kappa shape index (κ1) is 23.7. The summed E-state index contributed by atoms with van der Waals surface area (Å²) in [5.41, 5.74) is 9.33. The van der Waals surface area contributed by atoms with E-state index in [4.69, 9.17) is 22.3 Å². The zero-order chi connectivity index (χ0) is 26.6. The third kappa shape index (κ3) is 4.16. The molecule has 0 bridgehead atoms. The molecule has 2 aromatic carbocycles. The normalized spacial score (nSPS) is 14.6. The summed E-state index contributed by atoms with van der Waals surface area (Å²) in [7, 11) is 0. The molecule has 0 saturated carbocycles. The van der Waals surface area contributed by atoms with E-state index in [9.17, 15) is 18.7 Å². The molecule has 1 unspecified atom stereocenters. The van der Waals surface area contributed by atoms with Crippen LogP contribution in [0.5, 0.6) is 5.75 Å². The van der Waals surface area contributed by atoms with E-state index >= 15 is 0 Å². The van der Waals surface area contributed by atoms with E-state index in [2.05, 4.69) is 20.3 Å². The van der Waals surface area contributed by atoms with Crippen molar-refractivity contribution in [2.45, 2.75) is 18.8 Å². The number of phenolic OH excluding ortho intramolecular Hbond substituents is 1. The summed E-state index contributed by atoms with van der Waals surface area (Å²) in [5.74, 6) is -2.67. The second-order valence-electron chi connectivity index (χ2n) is 8.87. The number of nitrogen functional groups attached to an aromatic ring is 1. The molecule has 0 saturated heterocycles. The number of aromatic nitrogens is 5. The Kier molecular flexibility index (Phi) is 5.64. The second-order valence-corrected chi connectivity index (χ2v) is 9.24. The Bertz CT molecular complexity index is 1730. The smallest absolute Gasteiger partial charge is 0.237 e. The molecule has 190 valence electrons. The number of phenols is 1. The molecule has 1 amide bonds. The molecule has 0 fully saturated rings. The van der Waals surface area contributed by atoms with Crippen molar-refractivity contribution in [1.29, 1.82) is 0 Å². The number of hydrogen-bond acceptors (Lipinski definition) is 7. The van der Waals surface area contributed by atoms with Crippen molar-refractivity contribution in [2.75, 3.05) is 11.1 Å². The molecule has 12 heteroatoms. The Morgan fingerprint density at radius 3 is 2.76 bits per heavy atom. The lowest BCUT2D eigenvalue weighted by Crippen LogP contribution is -2.14. The van der Waals surface area contributed by atoms with Crippen molar-refractivity contribution in [3.05, 3.63) is 106 Å². The van der Waals surface area contributed by atoms with E-state index in [1.165, 1.54) is 18.2 Å². The molecule has 4 heterocycles. The van der Waals surface area contributed by atoms with Crippen LogP contribution in [0.25, 0.3) is 5.65 Å². The molecule has 38 heavy (non-hydrogen) atoms. The molecule has 1 atom stereocenters.